The number of hydrogen-bond donors (Lipinski definition) is 0. The Morgan fingerprint density at radius 1 is 1.57 bits per heavy atom. The van der Waals surface area contributed by atoms with E-state index in [0.717, 1.165) is 11.0 Å². The van der Waals surface area contributed by atoms with Gasteiger partial charge in [0.05, 0.1) is 13.2 Å². The maximum absolute atomic E-state index is 11.3. The van der Waals surface area contributed by atoms with Gasteiger partial charge in [0.15, 0.2) is 0 Å². The van der Waals surface area contributed by atoms with E-state index in [9.17, 15) is 4.79 Å². The first kappa shape index (κ1) is 11.7. The fourth-order valence-electron chi connectivity index (χ4n) is 1.35. The van der Waals surface area contributed by atoms with Gasteiger partial charge in [-0.3, -0.25) is 9.69 Å². The molecule has 1 fully saturated rings. The first-order valence-corrected chi connectivity index (χ1v) is 5.65. The Morgan fingerprint density at radius 3 is 2.64 bits per heavy atom. The fourth-order valence-corrected chi connectivity index (χ4v) is 1.67. The molecule has 0 saturated heterocycles. The number of rotatable bonds is 6. The molecule has 0 spiro atoms. The van der Waals surface area contributed by atoms with Crippen molar-refractivity contribution < 1.29 is 9.53 Å². The summed E-state index contributed by atoms with van der Waals surface area (Å²) in [6.07, 6.45) is 2.36. The topological polar surface area (TPSA) is 29.5 Å². The van der Waals surface area contributed by atoms with Crippen molar-refractivity contribution in [2.45, 2.75) is 25.8 Å². The van der Waals surface area contributed by atoms with Crippen LogP contribution in [0.3, 0.4) is 0 Å². The second-order valence-electron chi connectivity index (χ2n) is 3.46. The highest BCUT2D eigenvalue weighted by Crippen LogP contribution is 2.27. The van der Waals surface area contributed by atoms with Crippen molar-refractivity contribution in [3.05, 3.63) is 11.1 Å². The summed E-state index contributed by atoms with van der Waals surface area (Å²) in [5, 5.41) is 0. The molecule has 0 aliphatic heterocycles. The van der Waals surface area contributed by atoms with Crippen LogP contribution >= 0.6 is 15.9 Å². The van der Waals surface area contributed by atoms with Gasteiger partial charge in [-0.05, 0) is 19.8 Å². The Kier molecular flexibility index (Phi) is 4.62. The summed E-state index contributed by atoms with van der Waals surface area (Å²) in [6, 6.07) is 0.550. The summed E-state index contributed by atoms with van der Waals surface area (Å²) < 4.78 is 5.82. The van der Waals surface area contributed by atoms with E-state index < -0.39 is 0 Å². The van der Waals surface area contributed by atoms with Crippen LogP contribution < -0.4 is 0 Å². The molecule has 4 heteroatoms. The fraction of sp³-hybridized carbons (Fsp3) is 0.700. The molecule has 14 heavy (non-hydrogen) atoms. The smallest absolute Gasteiger partial charge is 0.320 e. The zero-order chi connectivity index (χ0) is 10.6. The largest absolute Gasteiger partial charge is 0.465 e. The molecule has 1 saturated carbocycles. The number of ether oxygens (including phenoxy) is 1. The second-order valence-corrected chi connectivity index (χ2v) is 4.58. The lowest BCUT2D eigenvalue weighted by Crippen LogP contribution is -2.33. The van der Waals surface area contributed by atoms with Crippen LogP contribution in [0.1, 0.15) is 19.8 Å². The van der Waals surface area contributed by atoms with Gasteiger partial charge in [0, 0.05) is 17.1 Å². The summed E-state index contributed by atoms with van der Waals surface area (Å²) in [6.45, 7) is 7.16. The van der Waals surface area contributed by atoms with Gasteiger partial charge in [0.2, 0.25) is 0 Å². The van der Waals surface area contributed by atoms with Crippen molar-refractivity contribution in [3.8, 4) is 0 Å². The zero-order valence-corrected chi connectivity index (χ0v) is 10.0. The molecule has 0 aromatic rings. The Morgan fingerprint density at radius 2 is 2.21 bits per heavy atom. The van der Waals surface area contributed by atoms with Crippen molar-refractivity contribution in [1.29, 1.82) is 0 Å². The lowest BCUT2D eigenvalue weighted by Gasteiger charge is -2.19. The van der Waals surface area contributed by atoms with Crippen molar-refractivity contribution in [2.75, 3.05) is 19.7 Å². The number of hydrogen-bond acceptors (Lipinski definition) is 3. The number of esters is 1. The first-order valence-electron chi connectivity index (χ1n) is 4.86. The Bertz CT molecular complexity index is 226. The molecule has 0 heterocycles. The van der Waals surface area contributed by atoms with E-state index in [-0.39, 0.29) is 5.97 Å². The van der Waals surface area contributed by atoms with E-state index in [0.29, 0.717) is 19.2 Å². The Hall–Kier alpha value is -0.350. The molecule has 0 bridgehead atoms. The minimum Gasteiger partial charge on any atom is -0.465 e. The maximum Gasteiger partial charge on any atom is 0.320 e. The van der Waals surface area contributed by atoms with Gasteiger partial charge in [0.25, 0.3) is 0 Å². The minimum absolute atomic E-state index is 0.145. The number of nitrogens with zero attached hydrogens (tertiary/aromatic N) is 1. The summed E-state index contributed by atoms with van der Waals surface area (Å²) in [5.41, 5.74) is 0. The quantitative estimate of drug-likeness (QED) is 0.685. The van der Waals surface area contributed by atoms with Gasteiger partial charge in [-0.2, -0.15) is 0 Å². The second kappa shape index (κ2) is 5.51. The van der Waals surface area contributed by atoms with Crippen LogP contribution in [-0.4, -0.2) is 36.6 Å². The predicted molar refractivity (Wildman–Crippen MR) is 59.3 cm³/mol. The van der Waals surface area contributed by atoms with Crippen LogP contribution in [0, 0.1) is 0 Å². The third-order valence-electron chi connectivity index (χ3n) is 2.08. The highest BCUT2D eigenvalue weighted by Gasteiger charge is 2.30. The van der Waals surface area contributed by atoms with E-state index in [4.69, 9.17) is 4.74 Å². The number of carbonyl (C=O) groups is 1. The molecule has 3 nitrogen and oxygen atoms in total. The van der Waals surface area contributed by atoms with Gasteiger partial charge >= 0.3 is 5.97 Å². The van der Waals surface area contributed by atoms with Crippen LogP contribution in [0.15, 0.2) is 11.1 Å². The van der Waals surface area contributed by atoms with Gasteiger partial charge in [-0.25, -0.2) is 0 Å². The number of halogens is 1. The summed E-state index contributed by atoms with van der Waals surface area (Å²) in [7, 11) is 0. The first-order chi connectivity index (χ1) is 6.63. The molecule has 0 unspecified atom stereocenters. The molecule has 0 aromatic heterocycles. The molecule has 0 atom stereocenters. The average molecular weight is 262 g/mol. The third-order valence-corrected chi connectivity index (χ3v) is 2.33. The van der Waals surface area contributed by atoms with Crippen LogP contribution in [-0.2, 0) is 9.53 Å². The Labute approximate surface area is 93.2 Å². The predicted octanol–water partition coefficient (Wildman–Crippen LogP) is 1.92. The van der Waals surface area contributed by atoms with Gasteiger partial charge in [0.1, 0.15) is 0 Å². The highest BCUT2D eigenvalue weighted by molar-refractivity contribution is 9.11. The standard InChI is InChI=1S/C10H16BrNO2/c1-3-14-10(13)7-12(6-8(2)11)9-4-5-9/h9H,2-7H2,1H3. The van der Waals surface area contributed by atoms with E-state index in [2.05, 4.69) is 27.4 Å². The third kappa shape index (κ3) is 4.24. The monoisotopic (exact) mass is 261 g/mol. The van der Waals surface area contributed by atoms with Gasteiger partial charge in [-0.1, -0.05) is 22.5 Å². The molecule has 0 aromatic carbocycles. The molecular weight excluding hydrogens is 246 g/mol. The summed E-state index contributed by atoms with van der Waals surface area (Å²) >= 11 is 3.31. The van der Waals surface area contributed by atoms with E-state index in [1.807, 2.05) is 6.92 Å². The van der Waals surface area contributed by atoms with E-state index in [1.54, 1.807) is 0 Å². The molecule has 80 valence electrons. The lowest BCUT2D eigenvalue weighted by atomic mass is 10.4. The summed E-state index contributed by atoms with van der Waals surface area (Å²) in [5.74, 6) is -0.145. The molecule has 1 rings (SSSR count). The minimum atomic E-state index is -0.145. The maximum atomic E-state index is 11.3. The van der Waals surface area contributed by atoms with Crippen molar-refractivity contribution in [1.82, 2.24) is 4.90 Å². The molecule has 1 aliphatic rings. The Balaban J connectivity index is 2.34. The van der Waals surface area contributed by atoms with E-state index in [1.165, 1.54) is 12.8 Å². The van der Waals surface area contributed by atoms with Gasteiger partial charge < -0.3 is 4.74 Å². The molecule has 0 amide bonds. The normalized spacial score (nSPS) is 15.6. The summed E-state index contributed by atoms with van der Waals surface area (Å²) in [4.78, 5) is 13.4. The molecule has 0 N–H and O–H groups in total. The van der Waals surface area contributed by atoms with Crippen LogP contribution in [0.2, 0.25) is 0 Å². The molecular formula is C10H16BrNO2. The lowest BCUT2D eigenvalue weighted by molar-refractivity contribution is -0.144. The highest BCUT2D eigenvalue weighted by atomic mass is 79.9. The van der Waals surface area contributed by atoms with E-state index >= 15 is 0 Å². The van der Waals surface area contributed by atoms with Crippen molar-refractivity contribution in [2.24, 2.45) is 0 Å². The van der Waals surface area contributed by atoms with Crippen LogP contribution in [0.5, 0.6) is 0 Å². The van der Waals surface area contributed by atoms with Crippen LogP contribution in [0.4, 0.5) is 0 Å². The van der Waals surface area contributed by atoms with Crippen molar-refractivity contribution >= 4 is 21.9 Å². The SMILES string of the molecule is C=C(Br)CN(CC(=O)OCC)C1CC1. The number of carbonyl (C=O) groups excluding carboxylic acids is 1. The average Bonchev–Trinajstić information content (AvgIpc) is 2.84. The van der Waals surface area contributed by atoms with Crippen molar-refractivity contribution in [3.63, 3.8) is 0 Å². The molecule has 1 aliphatic carbocycles. The van der Waals surface area contributed by atoms with Crippen LogP contribution in [0.25, 0.3) is 0 Å². The van der Waals surface area contributed by atoms with Gasteiger partial charge in [-0.15, -0.1) is 0 Å². The molecule has 0 radical (unpaired) electrons. The zero-order valence-electron chi connectivity index (χ0n) is 8.46.